The van der Waals surface area contributed by atoms with Gasteiger partial charge in [-0.1, -0.05) is 27.5 Å². The Kier molecular flexibility index (Phi) is 4.42. The first-order valence-electron chi connectivity index (χ1n) is 4.28. The minimum absolute atomic E-state index is 0.162. The van der Waals surface area contributed by atoms with E-state index in [9.17, 15) is 4.79 Å². The second kappa shape index (κ2) is 5.37. The monoisotopic (exact) mass is 291 g/mol. The van der Waals surface area contributed by atoms with Gasteiger partial charge in [-0.05, 0) is 6.07 Å². The van der Waals surface area contributed by atoms with E-state index in [4.69, 9.17) is 16.3 Å². The smallest absolute Gasteiger partial charge is 0.221 e. The van der Waals surface area contributed by atoms with Crippen molar-refractivity contribution < 1.29 is 9.53 Å². The van der Waals surface area contributed by atoms with Gasteiger partial charge in [-0.2, -0.15) is 0 Å². The summed E-state index contributed by atoms with van der Waals surface area (Å²) in [7, 11) is 1.58. The Bertz CT molecular complexity index is 382. The Balaban J connectivity index is 3.13. The van der Waals surface area contributed by atoms with Crippen LogP contribution in [0.1, 0.15) is 12.5 Å². The van der Waals surface area contributed by atoms with Crippen LogP contribution in [-0.4, -0.2) is 13.0 Å². The Morgan fingerprint density at radius 3 is 2.73 bits per heavy atom. The summed E-state index contributed by atoms with van der Waals surface area (Å²) in [5.41, 5.74) is 1.50. The molecule has 15 heavy (non-hydrogen) atoms. The van der Waals surface area contributed by atoms with Crippen molar-refractivity contribution in [1.29, 1.82) is 0 Å². The number of alkyl halides is 1. The summed E-state index contributed by atoms with van der Waals surface area (Å²) in [6.07, 6.45) is 0. The average molecular weight is 293 g/mol. The highest BCUT2D eigenvalue weighted by Crippen LogP contribution is 2.32. The molecule has 1 N–H and O–H groups in total. The van der Waals surface area contributed by atoms with E-state index in [1.54, 1.807) is 19.2 Å². The van der Waals surface area contributed by atoms with E-state index in [0.29, 0.717) is 21.8 Å². The van der Waals surface area contributed by atoms with E-state index < -0.39 is 0 Å². The van der Waals surface area contributed by atoms with Crippen LogP contribution in [0.5, 0.6) is 5.75 Å². The number of carbonyl (C=O) groups excluding carboxylic acids is 1. The largest absolute Gasteiger partial charge is 0.496 e. The summed E-state index contributed by atoms with van der Waals surface area (Å²) in [5, 5.41) is 3.78. The van der Waals surface area contributed by atoms with Crippen LogP contribution < -0.4 is 10.1 Å². The van der Waals surface area contributed by atoms with Crippen LogP contribution in [0.2, 0.25) is 5.02 Å². The molecule has 0 aromatic heterocycles. The third kappa shape index (κ3) is 3.11. The maximum atomic E-state index is 10.9. The van der Waals surface area contributed by atoms with Crippen LogP contribution in [-0.2, 0) is 10.1 Å². The Labute approximate surface area is 102 Å². The fourth-order valence-corrected chi connectivity index (χ4v) is 1.85. The van der Waals surface area contributed by atoms with Gasteiger partial charge in [0.1, 0.15) is 5.75 Å². The first kappa shape index (κ1) is 12.3. The van der Waals surface area contributed by atoms with Crippen molar-refractivity contribution in [2.24, 2.45) is 0 Å². The molecule has 0 unspecified atom stereocenters. The van der Waals surface area contributed by atoms with Gasteiger partial charge in [0.25, 0.3) is 0 Å². The van der Waals surface area contributed by atoms with Gasteiger partial charge in [0.15, 0.2) is 0 Å². The molecule has 0 aliphatic heterocycles. The molecule has 82 valence electrons. The third-order valence-corrected chi connectivity index (χ3v) is 2.74. The normalized spacial score (nSPS) is 9.87. The molecule has 0 radical (unpaired) electrons. The molecule has 0 spiro atoms. The lowest BCUT2D eigenvalue weighted by molar-refractivity contribution is -0.114. The molecule has 1 rings (SSSR count). The lowest BCUT2D eigenvalue weighted by atomic mass is 10.2. The topological polar surface area (TPSA) is 38.3 Å². The molecule has 0 aliphatic carbocycles. The van der Waals surface area contributed by atoms with Crippen molar-refractivity contribution in [3.05, 3.63) is 22.7 Å². The highest BCUT2D eigenvalue weighted by atomic mass is 79.9. The van der Waals surface area contributed by atoms with E-state index in [-0.39, 0.29) is 5.91 Å². The fraction of sp³-hybridized carbons (Fsp3) is 0.300. The quantitative estimate of drug-likeness (QED) is 0.869. The van der Waals surface area contributed by atoms with Gasteiger partial charge in [0.2, 0.25) is 5.91 Å². The molecule has 0 heterocycles. The summed E-state index contributed by atoms with van der Waals surface area (Å²) in [6.45, 7) is 1.43. The van der Waals surface area contributed by atoms with E-state index in [0.717, 1.165) is 5.56 Å². The number of amides is 1. The van der Waals surface area contributed by atoms with Crippen LogP contribution in [0.25, 0.3) is 0 Å². The summed E-state index contributed by atoms with van der Waals surface area (Å²) < 4.78 is 5.17. The molecule has 0 saturated carbocycles. The maximum Gasteiger partial charge on any atom is 0.221 e. The van der Waals surface area contributed by atoms with Gasteiger partial charge >= 0.3 is 0 Å². The molecular formula is C10H11BrClNO2. The molecule has 1 aromatic rings. The number of halogens is 2. The van der Waals surface area contributed by atoms with Crippen LogP contribution in [0.4, 0.5) is 5.69 Å². The Morgan fingerprint density at radius 2 is 2.27 bits per heavy atom. The lowest BCUT2D eigenvalue weighted by Gasteiger charge is -2.11. The van der Waals surface area contributed by atoms with Crippen molar-refractivity contribution in [1.82, 2.24) is 0 Å². The van der Waals surface area contributed by atoms with Gasteiger partial charge in [0.05, 0.1) is 17.8 Å². The third-order valence-electron chi connectivity index (χ3n) is 1.82. The molecule has 0 saturated heterocycles. The van der Waals surface area contributed by atoms with Crippen LogP contribution in [0.15, 0.2) is 12.1 Å². The van der Waals surface area contributed by atoms with E-state index in [1.165, 1.54) is 6.92 Å². The highest BCUT2D eigenvalue weighted by molar-refractivity contribution is 9.08. The lowest BCUT2D eigenvalue weighted by Crippen LogP contribution is -2.06. The SMILES string of the molecule is COc1cc(NC(C)=O)c(Cl)cc1CBr. The first-order valence-corrected chi connectivity index (χ1v) is 5.78. The van der Waals surface area contributed by atoms with Crippen molar-refractivity contribution in [3.63, 3.8) is 0 Å². The number of nitrogens with one attached hydrogen (secondary N) is 1. The number of benzene rings is 1. The van der Waals surface area contributed by atoms with Crippen molar-refractivity contribution in [2.45, 2.75) is 12.3 Å². The number of rotatable bonds is 3. The summed E-state index contributed by atoms with van der Waals surface area (Å²) >= 11 is 9.32. The second-order valence-corrected chi connectivity index (χ2v) is 3.93. The molecule has 1 aromatic carbocycles. The van der Waals surface area contributed by atoms with Gasteiger partial charge in [0, 0.05) is 23.9 Å². The van der Waals surface area contributed by atoms with Crippen LogP contribution >= 0.6 is 27.5 Å². The van der Waals surface area contributed by atoms with E-state index in [1.807, 2.05) is 0 Å². The Hall–Kier alpha value is -0.740. The average Bonchev–Trinajstić information content (AvgIpc) is 2.19. The second-order valence-electron chi connectivity index (χ2n) is 2.96. The van der Waals surface area contributed by atoms with Gasteiger partial charge in [-0.15, -0.1) is 0 Å². The highest BCUT2D eigenvalue weighted by Gasteiger charge is 2.09. The number of methoxy groups -OCH3 is 1. The van der Waals surface area contributed by atoms with Crippen LogP contribution in [0.3, 0.4) is 0 Å². The molecule has 1 amide bonds. The standard InChI is InChI=1S/C10H11BrClNO2/c1-6(14)13-9-4-10(15-2)7(5-11)3-8(9)12/h3-4H,5H2,1-2H3,(H,13,14). The fourth-order valence-electron chi connectivity index (χ4n) is 1.17. The predicted molar refractivity (Wildman–Crippen MR) is 64.9 cm³/mol. The summed E-state index contributed by atoms with van der Waals surface area (Å²) in [6, 6.07) is 3.47. The van der Waals surface area contributed by atoms with Crippen molar-refractivity contribution >= 4 is 39.1 Å². The first-order chi connectivity index (χ1) is 7.08. The zero-order valence-electron chi connectivity index (χ0n) is 8.43. The number of hydrogen-bond acceptors (Lipinski definition) is 2. The number of anilines is 1. The number of ether oxygens (including phenoxy) is 1. The minimum Gasteiger partial charge on any atom is -0.496 e. The molecule has 5 heteroatoms. The minimum atomic E-state index is -0.162. The molecule has 0 aliphatic rings. The van der Waals surface area contributed by atoms with E-state index in [2.05, 4.69) is 21.2 Å². The zero-order valence-corrected chi connectivity index (χ0v) is 10.8. The summed E-state index contributed by atoms with van der Waals surface area (Å²) in [4.78, 5) is 10.9. The summed E-state index contributed by atoms with van der Waals surface area (Å²) in [5.74, 6) is 0.533. The number of hydrogen-bond donors (Lipinski definition) is 1. The predicted octanol–water partition coefficient (Wildman–Crippen LogP) is 3.20. The van der Waals surface area contributed by atoms with Crippen LogP contribution in [0, 0.1) is 0 Å². The van der Waals surface area contributed by atoms with Gasteiger partial charge in [-0.3, -0.25) is 4.79 Å². The molecular weight excluding hydrogens is 281 g/mol. The maximum absolute atomic E-state index is 10.9. The Morgan fingerprint density at radius 1 is 1.60 bits per heavy atom. The van der Waals surface area contributed by atoms with Crippen molar-refractivity contribution in [3.8, 4) is 5.75 Å². The molecule has 0 atom stereocenters. The molecule has 0 fully saturated rings. The van der Waals surface area contributed by atoms with Gasteiger partial charge < -0.3 is 10.1 Å². The molecule has 0 bridgehead atoms. The number of carbonyl (C=O) groups is 1. The van der Waals surface area contributed by atoms with Gasteiger partial charge in [-0.25, -0.2) is 0 Å². The molecule has 3 nitrogen and oxygen atoms in total. The van der Waals surface area contributed by atoms with Crippen molar-refractivity contribution in [2.75, 3.05) is 12.4 Å². The van der Waals surface area contributed by atoms with E-state index >= 15 is 0 Å². The zero-order chi connectivity index (χ0) is 11.4.